The molecule has 0 bridgehead atoms. The maximum atomic E-state index is 14.1. The fraction of sp³-hybridized carbons (Fsp3) is 0.500. The number of hydrogen-bond acceptors (Lipinski definition) is 2. The number of hydrogen-bond donors (Lipinski definition) is 2. The number of likely N-dealkylation sites (N-methyl/N-ethyl adjacent to an activating group) is 1. The van der Waals surface area contributed by atoms with Crippen molar-refractivity contribution >= 4 is 5.91 Å². The number of halogens is 2. The summed E-state index contributed by atoms with van der Waals surface area (Å²) in [6.45, 7) is 2.20. The van der Waals surface area contributed by atoms with Crippen molar-refractivity contribution in [1.82, 2.24) is 10.6 Å². The number of nitrogens with one attached hydrogen (secondary N) is 2. The topological polar surface area (TPSA) is 41.1 Å². The highest BCUT2D eigenvalue weighted by molar-refractivity contribution is 5.81. The van der Waals surface area contributed by atoms with Gasteiger partial charge < -0.3 is 10.6 Å². The molecule has 3 nitrogen and oxygen atoms in total. The predicted octanol–water partition coefficient (Wildman–Crippen LogP) is 1.85. The summed E-state index contributed by atoms with van der Waals surface area (Å²) in [4.78, 5) is 11.6. The number of benzene rings is 1. The Hall–Kier alpha value is -1.49. The van der Waals surface area contributed by atoms with Crippen molar-refractivity contribution in [3.63, 3.8) is 0 Å². The fourth-order valence-corrected chi connectivity index (χ4v) is 2.61. The first-order chi connectivity index (χ1) is 9.04. The average Bonchev–Trinajstić information content (AvgIpc) is 2.43. The van der Waals surface area contributed by atoms with Crippen LogP contribution in [0.3, 0.4) is 0 Å². The zero-order chi connectivity index (χ0) is 14.0. The standard InChI is InChI=1S/C14H18F2N2O/c1-8-3-4-10(15)12(13(8)16)9-5-6-18-11(7-9)14(19)17-2/h3-4,9,11,18H,5-7H2,1-2H3,(H,17,19). The normalized spacial score (nSPS) is 23.2. The lowest BCUT2D eigenvalue weighted by Gasteiger charge is -2.30. The molecule has 1 aromatic carbocycles. The first-order valence-electron chi connectivity index (χ1n) is 6.44. The maximum Gasteiger partial charge on any atom is 0.236 e. The number of piperidine rings is 1. The van der Waals surface area contributed by atoms with Gasteiger partial charge in [0.05, 0.1) is 6.04 Å². The summed E-state index contributed by atoms with van der Waals surface area (Å²) < 4.78 is 28.0. The lowest BCUT2D eigenvalue weighted by Crippen LogP contribution is -2.47. The third-order valence-electron chi connectivity index (χ3n) is 3.69. The summed E-state index contributed by atoms with van der Waals surface area (Å²) in [7, 11) is 1.56. The van der Waals surface area contributed by atoms with Gasteiger partial charge in [-0.1, -0.05) is 6.07 Å². The molecule has 1 aliphatic rings. The molecule has 1 aliphatic heterocycles. The molecule has 0 saturated carbocycles. The van der Waals surface area contributed by atoms with E-state index in [0.29, 0.717) is 24.9 Å². The predicted molar refractivity (Wildman–Crippen MR) is 68.9 cm³/mol. The van der Waals surface area contributed by atoms with Crippen LogP contribution in [-0.4, -0.2) is 25.5 Å². The number of rotatable bonds is 2. The van der Waals surface area contributed by atoms with Crippen LogP contribution in [0.4, 0.5) is 8.78 Å². The summed E-state index contributed by atoms with van der Waals surface area (Å²) >= 11 is 0. The van der Waals surface area contributed by atoms with Crippen molar-refractivity contribution in [1.29, 1.82) is 0 Å². The summed E-state index contributed by atoms with van der Waals surface area (Å²) in [6, 6.07) is 2.35. The van der Waals surface area contributed by atoms with Crippen LogP contribution in [-0.2, 0) is 4.79 Å². The molecule has 0 radical (unpaired) electrons. The van der Waals surface area contributed by atoms with Crippen molar-refractivity contribution in [2.24, 2.45) is 0 Å². The summed E-state index contributed by atoms with van der Waals surface area (Å²) in [5.41, 5.74) is 0.557. The Labute approximate surface area is 111 Å². The van der Waals surface area contributed by atoms with E-state index in [2.05, 4.69) is 10.6 Å². The zero-order valence-corrected chi connectivity index (χ0v) is 11.1. The Kier molecular flexibility index (Phi) is 4.14. The minimum atomic E-state index is -0.523. The van der Waals surface area contributed by atoms with Crippen molar-refractivity contribution in [3.05, 3.63) is 34.9 Å². The second-order valence-corrected chi connectivity index (χ2v) is 4.93. The molecule has 0 aliphatic carbocycles. The van der Waals surface area contributed by atoms with E-state index < -0.39 is 11.6 Å². The van der Waals surface area contributed by atoms with Crippen molar-refractivity contribution in [2.45, 2.75) is 31.7 Å². The van der Waals surface area contributed by atoms with Crippen LogP contribution < -0.4 is 10.6 Å². The van der Waals surface area contributed by atoms with E-state index in [0.717, 1.165) is 0 Å². The van der Waals surface area contributed by atoms with Crippen molar-refractivity contribution < 1.29 is 13.6 Å². The van der Waals surface area contributed by atoms with Gasteiger partial charge in [0.15, 0.2) is 0 Å². The molecule has 2 atom stereocenters. The molecule has 0 aromatic heterocycles. The first-order valence-corrected chi connectivity index (χ1v) is 6.44. The van der Waals surface area contributed by atoms with E-state index in [1.54, 1.807) is 14.0 Å². The Morgan fingerprint density at radius 3 is 2.84 bits per heavy atom. The van der Waals surface area contributed by atoms with E-state index in [1.165, 1.54) is 12.1 Å². The third kappa shape index (κ3) is 2.76. The van der Waals surface area contributed by atoms with Gasteiger partial charge in [-0.05, 0) is 43.9 Å². The Balaban J connectivity index is 2.27. The molecule has 1 amide bonds. The smallest absolute Gasteiger partial charge is 0.236 e. The second-order valence-electron chi connectivity index (χ2n) is 4.93. The largest absolute Gasteiger partial charge is 0.358 e. The molecule has 5 heteroatoms. The molecule has 2 unspecified atom stereocenters. The van der Waals surface area contributed by atoms with Crippen LogP contribution in [0.1, 0.15) is 29.9 Å². The van der Waals surface area contributed by atoms with Crippen LogP contribution >= 0.6 is 0 Å². The van der Waals surface area contributed by atoms with Gasteiger partial charge in [0.1, 0.15) is 11.6 Å². The minimum absolute atomic E-state index is 0.121. The first kappa shape index (κ1) is 13.9. The van der Waals surface area contributed by atoms with Gasteiger partial charge in [-0.15, -0.1) is 0 Å². The van der Waals surface area contributed by atoms with Gasteiger partial charge in [-0.3, -0.25) is 4.79 Å². The number of carbonyl (C=O) groups is 1. The molecule has 1 heterocycles. The minimum Gasteiger partial charge on any atom is -0.358 e. The van der Waals surface area contributed by atoms with Crippen molar-refractivity contribution in [3.8, 4) is 0 Å². The Bertz CT molecular complexity index is 491. The van der Waals surface area contributed by atoms with Crippen LogP contribution in [0, 0.1) is 18.6 Å². The lowest BCUT2D eigenvalue weighted by atomic mass is 9.85. The molecule has 1 aromatic rings. The van der Waals surface area contributed by atoms with Crippen LogP contribution in [0.25, 0.3) is 0 Å². The molecule has 1 saturated heterocycles. The van der Waals surface area contributed by atoms with Crippen LogP contribution in [0.2, 0.25) is 0 Å². The SMILES string of the molecule is CNC(=O)C1CC(c2c(F)ccc(C)c2F)CCN1. The van der Waals surface area contributed by atoms with E-state index in [-0.39, 0.29) is 23.4 Å². The summed E-state index contributed by atoms with van der Waals surface area (Å²) in [5, 5.41) is 5.62. The third-order valence-corrected chi connectivity index (χ3v) is 3.69. The number of amides is 1. The molecule has 2 rings (SSSR count). The van der Waals surface area contributed by atoms with Crippen LogP contribution in [0.15, 0.2) is 12.1 Å². The highest BCUT2D eigenvalue weighted by Gasteiger charge is 2.30. The van der Waals surface area contributed by atoms with Crippen LogP contribution in [0.5, 0.6) is 0 Å². The highest BCUT2D eigenvalue weighted by atomic mass is 19.1. The van der Waals surface area contributed by atoms with E-state index in [1.807, 2.05) is 0 Å². The average molecular weight is 268 g/mol. The summed E-state index contributed by atoms with van der Waals surface area (Å²) in [6.07, 6.45) is 1.04. The number of aryl methyl sites for hydroxylation is 1. The lowest BCUT2D eigenvalue weighted by molar-refractivity contribution is -0.123. The van der Waals surface area contributed by atoms with Gasteiger partial charge in [0.25, 0.3) is 0 Å². The molecule has 0 spiro atoms. The molecular weight excluding hydrogens is 250 g/mol. The van der Waals surface area contributed by atoms with E-state index >= 15 is 0 Å². The fourth-order valence-electron chi connectivity index (χ4n) is 2.61. The molecule has 1 fully saturated rings. The van der Waals surface area contributed by atoms with E-state index in [4.69, 9.17) is 0 Å². The maximum absolute atomic E-state index is 14.1. The van der Waals surface area contributed by atoms with E-state index in [9.17, 15) is 13.6 Å². The van der Waals surface area contributed by atoms with Gasteiger partial charge in [0.2, 0.25) is 5.91 Å². The monoisotopic (exact) mass is 268 g/mol. The molecular formula is C14H18F2N2O. The van der Waals surface area contributed by atoms with Crippen molar-refractivity contribution in [2.75, 3.05) is 13.6 Å². The van der Waals surface area contributed by atoms with Gasteiger partial charge in [-0.25, -0.2) is 8.78 Å². The van der Waals surface area contributed by atoms with Gasteiger partial charge in [0, 0.05) is 12.6 Å². The summed E-state index contributed by atoms with van der Waals surface area (Å²) in [5.74, 6) is -1.41. The number of carbonyl (C=O) groups excluding carboxylic acids is 1. The Morgan fingerprint density at radius 1 is 1.42 bits per heavy atom. The molecule has 19 heavy (non-hydrogen) atoms. The van der Waals surface area contributed by atoms with Gasteiger partial charge in [-0.2, -0.15) is 0 Å². The quantitative estimate of drug-likeness (QED) is 0.859. The zero-order valence-electron chi connectivity index (χ0n) is 11.1. The molecule has 104 valence electrons. The second kappa shape index (κ2) is 5.65. The van der Waals surface area contributed by atoms with Gasteiger partial charge >= 0.3 is 0 Å². The molecule has 2 N–H and O–H groups in total. The highest BCUT2D eigenvalue weighted by Crippen LogP contribution is 2.32. The Morgan fingerprint density at radius 2 is 2.16 bits per heavy atom.